The van der Waals surface area contributed by atoms with E-state index in [0.29, 0.717) is 6.04 Å². The van der Waals surface area contributed by atoms with Gasteiger partial charge >= 0.3 is 0 Å². The lowest BCUT2D eigenvalue weighted by Crippen LogP contribution is -2.36. The van der Waals surface area contributed by atoms with Gasteiger partial charge in [0.25, 0.3) is 0 Å². The van der Waals surface area contributed by atoms with Crippen molar-refractivity contribution in [3.8, 4) is 0 Å². The van der Waals surface area contributed by atoms with Crippen LogP contribution in [0.1, 0.15) is 65.6 Å². The van der Waals surface area contributed by atoms with Crippen molar-refractivity contribution in [1.29, 1.82) is 0 Å². The van der Waals surface area contributed by atoms with E-state index in [9.17, 15) is 0 Å². The molecule has 1 rings (SSSR count). The molecule has 0 aliphatic carbocycles. The van der Waals surface area contributed by atoms with E-state index in [1.165, 1.54) is 18.5 Å². The van der Waals surface area contributed by atoms with Crippen LogP contribution >= 0.6 is 0 Å². The van der Waals surface area contributed by atoms with E-state index in [0.717, 1.165) is 19.4 Å². The molecule has 3 heteroatoms. The van der Waals surface area contributed by atoms with E-state index in [-0.39, 0.29) is 5.54 Å². The third kappa shape index (κ3) is 5.67. The Morgan fingerprint density at radius 2 is 2.06 bits per heavy atom. The maximum absolute atomic E-state index is 4.62. The first-order chi connectivity index (χ1) is 8.42. The monoisotopic (exact) mass is 251 g/mol. The third-order valence-corrected chi connectivity index (χ3v) is 3.22. The summed E-state index contributed by atoms with van der Waals surface area (Å²) in [7, 11) is 0. The molecule has 1 atom stereocenters. The highest BCUT2D eigenvalue weighted by molar-refractivity contribution is 4.99. The van der Waals surface area contributed by atoms with Gasteiger partial charge in [0.05, 0.1) is 5.69 Å². The lowest BCUT2D eigenvalue weighted by atomic mass is 10.1. The fourth-order valence-corrected chi connectivity index (χ4v) is 1.84. The van der Waals surface area contributed by atoms with E-state index in [4.69, 9.17) is 0 Å². The molecule has 1 aromatic heterocycles. The largest absolute Gasteiger partial charge is 0.312 e. The average molecular weight is 251 g/mol. The normalized spacial score (nSPS) is 13.8. The fraction of sp³-hybridized carbons (Fsp3) is 0.800. The molecular formula is C15H29N3. The molecule has 1 aromatic rings. The molecule has 1 N–H and O–H groups in total. The number of aryl methyl sites for hydroxylation is 1. The van der Waals surface area contributed by atoms with Gasteiger partial charge in [0.15, 0.2) is 0 Å². The van der Waals surface area contributed by atoms with E-state index in [1.54, 1.807) is 0 Å². The smallest absolute Gasteiger partial charge is 0.0624 e. The maximum atomic E-state index is 4.62. The van der Waals surface area contributed by atoms with Crippen LogP contribution in [0.3, 0.4) is 0 Å². The van der Waals surface area contributed by atoms with Crippen LogP contribution in [0, 0.1) is 0 Å². The van der Waals surface area contributed by atoms with Gasteiger partial charge in [0.2, 0.25) is 0 Å². The molecule has 0 bridgehead atoms. The number of aromatic nitrogens is 2. The Labute approximate surface area is 112 Å². The number of hydrogen-bond acceptors (Lipinski definition) is 2. The molecule has 0 saturated heterocycles. The third-order valence-electron chi connectivity index (χ3n) is 3.22. The van der Waals surface area contributed by atoms with Crippen molar-refractivity contribution >= 4 is 0 Å². The van der Waals surface area contributed by atoms with Crippen molar-refractivity contribution in [1.82, 2.24) is 15.1 Å². The zero-order valence-electron chi connectivity index (χ0n) is 12.7. The summed E-state index contributed by atoms with van der Waals surface area (Å²) in [4.78, 5) is 0. The Bertz CT molecular complexity index is 336. The summed E-state index contributed by atoms with van der Waals surface area (Å²) in [6.07, 6.45) is 6.76. The van der Waals surface area contributed by atoms with Crippen molar-refractivity contribution in [3.05, 3.63) is 18.0 Å². The second kappa shape index (κ2) is 6.93. The molecular weight excluding hydrogens is 222 g/mol. The SMILES string of the molecule is CCC(C)n1ccc(CCCCNC(C)(C)C)n1. The Hall–Kier alpha value is -0.830. The summed E-state index contributed by atoms with van der Waals surface area (Å²) in [5.41, 5.74) is 1.46. The highest BCUT2D eigenvalue weighted by atomic mass is 15.3. The average Bonchev–Trinajstić information content (AvgIpc) is 2.75. The molecule has 0 saturated carbocycles. The minimum atomic E-state index is 0.234. The number of nitrogens with one attached hydrogen (secondary N) is 1. The number of unbranched alkanes of at least 4 members (excludes halogenated alkanes) is 1. The van der Waals surface area contributed by atoms with Gasteiger partial charge in [-0.1, -0.05) is 6.92 Å². The summed E-state index contributed by atoms with van der Waals surface area (Å²) in [6, 6.07) is 2.67. The molecule has 104 valence electrons. The van der Waals surface area contributed by atoms with E-state index < -0.39 is 0 Å². The molecule has 1 unspecified atom stereocenters. The molecule has 0 amide bonds. The van der Waals surface area contributed by atoms with Crippen molar-refractivity contribution in [2.24, 2.45) is 0 Å². The molecule has 0 aliphatic heterocycles. The second-order valence-corrected chi connectivity index (χ2v) is 6.18. The highest BCUT2D eigenvalue weighted by Gasteiger charge is 2.07. The van der Waals surface area contributed by atoms with Crippen molar-refractivity contribution in [2.45, 2.75) is 71.9 Å². The van der Waals surface area contributed by atoms with Gasteiger partial charge < -0.3 is 5.32 Å². The molecule has 1 heterocycles. The lowest BCUT2D eigenvalue weighted by molar-refractivity contribution is 0.418. The first kappa shape index (κ1) is 15.2. The van der Waals surface area contributed by atoms with E-state index in [2.05, 4.69) is 62.0 Å². The van der Waals surface area contributed by atoms with Crippen LogP contribution in [-0.4, -0.2) is 21.9 Å². The van der Waals surface area contributed by atoms with Crippen LogP contribution in [0.15, 0.2) is 12.3 Å². The minimum Gasteiger partial charge on any atom is -0.312 e. The molecule has 0 aromatic carbocycles. The summed E-state index contributed by atoms with van der Waals surface area (Å²) in [5.74, 6) is 0. The Balaban J connectivity index is 2.22. The first-order valence-electron chi connectivity index (χ1n) is 7.21. The Kier molecular flexibility index (Phi) is 5.86. The van der Waals surface area contributed by atoms with Crippen molar-refractivity contribution in [2.75, 3.05) is 6.54 Å². The van der Waals surface area contributed by atoms with Crippen LogP contribution in [0.2, 0.25) is 0 Å². The molecule has 0 radical (unpaired) electrons. The van der Waals surface area contributed by atoms with Gasteiger partial charge in [0.1, 0.15) is 0 Å². The minimum absolute atomic E-state index is 0.234. The highest BCUT2D eigenvalue weighted by Crippen LogP contribution is 2.10. The Morgan fingerprint density at radius 1 is 1.33 bits per heavy atom. The summed E-state index contributed by atoms with van der Waals surface area (Å²) >= 11 is 0. The van der Waals surface area contributed by atoms with Crippen LogP contribution < -0.4 is 5.32 Å². The Morgan fingerprint density at radius 3 is 2.67 bits per heavy atom. The molecule has 0 fully saturated rings. The lowest BCUT2D eigenvalue weighted by Gasteiger charge is -2.20. The quantitative estimate of drug-likeness (QED) is 0.751. The fourth-order valence-electron chi connectivity index (χ4n) is 1.84. The van der Waals surface area contributed by atoms with Crippen molar-refractivity contribution in [3.63, 3.8) is 0 Å². The van der Waals surface area contributed by atoms with Crippen LogP contribution in [0.25, 0.3) is 0 Å². The number of nitrogens with zero attached hydrogens (tertiary/aromatic N) is 2. The standard InChI is InChI=1S/C15H29N3/c1-6-13(2)18-12-10-14(17-18)9-7-8-11-16-15(3,4)5/h10,12-13,16H,6-9,11H2,1-5H3. The number of rotatable bonds is 7. The maximum Gasteiger partial charge on any atom is 0.0624 e. The van der Waals surface area contributed by atoms with Gasteiger partial charge in [0, 0.05) is 17.8 Å². The van der Waals surface area contributed by atoms with Crippen molar-refractivity contribution < 1.29 is 0 Å². The predicted molar refractivity (Wildman–Crippen MR) is 77.9 cm³/mol. The van der Waals surface area contributed by atoms with Gasteiger partial charge in [-0.2, -0.15) is 5.10 Å². The number of hydrogen-bond donors (Lipinski definition) is 1. The molecule has 0 spiro atoms. The first-order valence-corrected chi connectivity index (χ1v) is 7.21. The topological polar surface area (TPSA) is 29.9 Å². The summed E-state index contributed by atoms with van der Waals surface area (Å²) < 4.78 is 2.09. The van der Waals surface area contributed by atoms with Gasteiger partial charge in [-0.25, -0.2) is 0 Å². The zero-order chi connectivity index (χ0) is 13.6. The second-order valence-electron chi connectivity index (χ2n) is 6.18. The van der Waals surface area contributed by atoms with E-state index in [1.807, 2.05) is 0 Å². The van der Waals surface area contributed by atoms with E-state index >= 15 is 0 Å². The predicted octanol–water partition coefficient (Wildman–Crippen LogP) is 3.56. The summed E-state index contributed by atoms with van der Waals surface area (Å²) in [5, 5.41) is 8.14. The van der Waals surface area contributed by atoms with Gasteiger partial charge in [-0.3, -0.25) is 4.68 Å². The van der Waals surface area contributed by atoms with Crippen LogP contribution in [-0.2, 0) is 6.42 Å². The summed E-state index contributed by atoms with van der Waals surface area (Å²) in [6.45, 7) is 12.1. The molecule has 18 heavy (non-hydrogen) atoms. The molecule has 3 nitrogen and oxygen atoms in total. The van der Waals surface area contributed by atoms with Gasteiger partial charge in [-0.15, -0.1) is 0 Å². The zero-order valence-corrected chi connectivity index (χ0v) is 12.7. The van der Waals surface area contributed by atoms with Crippen LogP contribution in [0.4, 0.5) is 0 Å². The van der Waals surface area contributed by atoms with Crippen LogP contribution in [0.5, 0.6) is 0 Å². The van der Waals surface area contributed by atoms with Gasteiger partial charge in [-0.05, 0) is 66.0 Å². The molecule has 0 aliphatic rings.